The Morgan fingerprint density at radius 3 is 2.68 bits per heavy atom. The van der Waals surface area contributed by atoms with Gasteiger partial charge in [-0.15, -0.1) is 0 Å². The molecule has 2 heterocycles. The molecule has 1 aromatic rings. The Labute approximate surface area is 163 Å². The van der Waals surface area contributed by atoms with Crippen molar-refractivity contribution in [3.05, 3.63) is 22.2 Å². The number of amides is 1. The van der Waals surface area contributed by atoms with Crippen LogP contribution in [0.25, 0.3) is 0 Å². The van der Waals surface area contributed by atoms with Crippen molar-refractivity contribution in [2.45, 2.75) is 77.0 Å². The highest BCUT2D eigenvalue weighted by Gasteiger charge is 2.44. The number of fused-ring (bicyclic) bond motifs is 1. The number of carbonyl (C=O) groups is 2. The number of anilines is 1. The van der Waals surface area contributed by atoms with Gasteiger partial charge in [0.15, 0.2) is 11.9 Å². The average Bonchev–Trinajstić information content (AvgIpc) is 2.70. The lowest BCUT2D eigenvalue weighted by Crippen LogP contribution is -2.54. The van der Waals surface area contributed by atoms with Crippen molar-refractivity contribution in [1.29, 1.82) is 0 Å². The number of ether oxygens (including phenoxy) is 2. The Morgan fingerprint density at radius 2 is 2.07 bits per heavy atom. The van der Waals surface area contributed by atoms with E-state index in [1.165, 1.54) is 17.0 Å². The zero-order valence-corrected chi connectivity index (χ0v) is 16.1. The highest BCUT2D eigenvalue weighted by molar-refractivity contribution is 6.03. The standard InChI is InChI=1S/C19H25N3O6/c1-3-13(19(24)27-12-8-6-5-7-9-12)21-17-15(28-14(4-2)18(21)23)10-11-16(20-17)22(25)26/h10-14H,3-9H2,1-2H3. The maximum absolute atomic E-state index is 13.0. The summed E-state index contributed by atoms with van der Waals surface area (Å²) in [5, 5.41) is 11.1. The number of nitrogens with zero attached hydrogens (tertiary/aromatic N) is 3. The zero-order valence-electron chi connectivity index (χ0n) is 16.1. The molecule has 1 fully saturated rings. The van der Waals surface area contributed by atoms with Gasteiger partial charge in [0.05, 0.1) is 0 Å². The van der Waals surface area contributed by atoms with Crippen LogP contribution in [0.5, 0.6) is 5.75 Å². The monoisotopic (exact) mass is 391 g/mol. The fourth-order valence-electron chi connectivity index (χ4n) is 3.69. The first kappa shape index (κ1) is 20.0. The number of aromatic nitrogens is 1. The molecule has 1 aliphatic heterocycles. The first-order valence-corrected chi connectivity index (χ1v) is 9.81. The number of hydrogen-bond acceptors (Lipinski definition) is 7. The summed E-state index contributed by atoms with van der Waals surface area (Å²) in [4.78, 5) is 41.6. The Balaban J connectivity index is 1.94. The number of pyridine rings is 1. The molecule has 2 atom stereocenters. The summed E-state index contributed by atoms with van der Waals surface area (Å²) in [6.45, 7) is 3.57. The zero-order chi connectivity index (χ0) is 20.3. The molecule has 9 heteroatoms. The summed E-state index contributed by atoms with van der Waals surface area (Å²) < 4.78 is 11.3. The number of hydrogen-bond donors (Lipinski definition) is 0. The number of nitro groups is 1. The number of carbonyl (C=O) groups excluding carboxylic acids is 2. The lowest BCUT2D eigenvalue weighted by Gasteiger charge is -2.35. The maximum Gasteiger partial charge on any atom is 0.366 e. The van der Waals surface area contributed by atoms with Gasteiger partial charge in [-0.25, -0.2) is 4.79 Å². The van der Waals surface area contributed by atoms with Crippen molar-refractivity contribution >= 4 is 23.5 Å². The Bertz CT molecular complexity index is 762. The molecular weight excluding hydrogens is 366 g/mol. The minimum atomic E-state index is -0.902. The first-order valence-electron chi connectivity index (χ1n) is 9.81. The molecule has 2 aliphatic rings. The van der Waals surface area contributed by atoms with Crippen molar-refractivity contribution in [2.75, 3.05) is 4.90 Å². The second-order valence-corrected chi connectivity index (χ2v) is 7.09. The van der Waals surface area contributed by atoms with Crippen LogP contribution in [-0.2, 0) is 14.3 Å². The summed E-state index contributed by atoms with van der Waals surface area (Å²) in [5.41, 5.74) is 0. The third-order valence-corrected chi connectivity index (χ3v) is 5.20. The van der Waals surface area contributed by atoms with Crippen LogP contribution in [0.15, 0.2) is 12.1 Å². The third kappa shape index (κ3) is 3.93. The largest absolute Gasteiger partial charge is 0.474 e. The van der Waals surface area contributed by atoms with Gasteiger partial charge < -0.3 is 19.6 Å². The van der Waals surface area contributed by atoms with E-state index >= 15 is 0 Å². The van der Waals surface area contributed by atoms with Gasteiger partial charge in [0.25, 0.3) is 11.7 Å². The number of esters is 1. The topological polar surface area (TPSA) is 112 Å². The maximum atomic E-state index is 13.0. The van der Waals surface area contributed by atoms with Crippen LogP contribution in [0.2, 0.25) is 0 Å². The molecule has 1 saturated carbocycles. The van der Waals surface area contributed by atoms with E-state index in [4.69, 9.17) is 9.47 Å². The van der Waals surface area contributed by atoms with E-state index in [0.29, 0.717) is 12.8 Å². The molecule has 152 valence electrons. The quantitative estimate of drug-likeness (QED) is 0.416. The second kappa shape index (κ2) is 8.53. The van der Waals surface area contributed by atoms with Gasteiger partial charge in [-0.3, -0.25) is 9.69 Å². The summed E-state index contributed by atoms with van der Waals surface area (Å²) in [6.07, 6.45) is 4.58. The lowest BCUT2D eigenvalue weighted by molar-refractivity contribution is -0.389. The fraction of sp³-hybridized carbons (Fsp3) is 0.632. The predicted molar refractivity (Wildman–Crippen MR) is 100 cm³/mol. The third-order valence-electron chi connectivity index (χ3n) is 5.20. The van der Waals surface area contributed by atoms with Crippen LogP contribution >= 0.6 is 0 Å². The van der Waals surface area contributed by atoms with E-state index in [2.05, 4.69) is 4.98 Å². The van der Waals surface area contributed by atoms with Gasteiger partial charge in [-0.2, -0.15) is 0 Å². The molecule has 0 aromatic carbocycles. The Kier molecular flexibility index (Phi) is 6.11. The molecule has 9 nitrogen and oxygen atoms in total. The molecule has 0 saturated heterocycles. The average molecular weight is 391 g/mol. The van der Waals surface area contributed by atoms with E-state index in [9.17, 15) is 19.7 Å². The summed E-state index contributed by atoms with van der Waals surface area (Å²) in [6, 6.07) is 1.74. The van der Waals surface area contributed by atoms with Gasteiger partial charge in [-0.05, 0) is 54.5 Å². The van der Waals surface area contributed by atoms with Crippen LogP contribution in [0.3, 0.4) is 0 Å². The number of rotatable bonds is 6. The van der Waals surface area contributed by atoms with Crippen molar-refractivity contribution in [2.24, 2.45) is 0 Å². The Morgan fingerprint density at radius 1 is 1.36 bits per heavy atom. The van der Waals surface area contributed by atoms with Gasteiger partial charge in [-0.1, -0.05) is 20.3 Å². The van der Waals surface area contributed by atoms with Crippen LogP contribution < -0.4 is 9.64 Å². The van der Waals surface area contributed by atoms with Crippen LogP contribution in [0.4, 0.5) is 11.6 Å². The fourth-order valence-corrected chi connectivity index (χ4v) is 3.69. The van der Waals surface area contributed by atoms with Gasteiger partial charge in [0.1, 0.15) is 12.1 Å². The molecular formula is C19H25N3O6. The molecule has 28 heavy (non-hydrogen) atoms. The molecule has 0 radical (unpaired) electrons. The van der Waals surface area contributed by atoms with Crippen molar-refractivity contribution < 1.29 is 24.0 Å². The Hall–Kier alpha value is -2.71. The SMILES string of the molecule is CCC1Oc2ccc([N+](=O)[O-])nc2N(C(CC)C(=O)OC2CCCCC2)C1=O. The van der Waals surface area contributed by atoms with Gasteiger partial charge in [0, 0.05) is 6.07 Å². The molecule has 0 N–H and O–H groups in total. The van der Waals surface area contributed by atoms with Crippen LogP contribution in [-0.4, -0.2) is 40.0 Å². The van der Waals surface area contributed by atoms with E-state index in [1.807, 2.05) is 0 Å². The first-order chi connectivity index (χ1) is 13.5. The molecule has 0 bridgehead atoms. The van der Waals surface area contributed by atoms with Crippen LogP contribution in [0.1, 0.15) is 58.8 Å². The van der Waals surface area contributed by atoms with Gasteiger partial charge in [0.2, 0.25) is 0 Å². The van der Waals surface area contributed by atoms with Crippen molar-refractivity contribution in [1.82, 2.24) is 4.98 Å². The molecule has 1 aliphatic carbocycles. The van der Waals surface area contributed by atoms with E-state index in [0.717, 1.165) is 32.1 Å². The highest BCUT2D eigenvalue weighted by atomic mass is 16.6. The summed E-state index contributed by atoms with van der Waals surface area (Å²) in [7, 11) is 0. The molecule has 2 unspecified atom stereocenters. The lowest BCUT2D eigenvalue weighted by atomic mass is 9.97. The second-order valence-electron chi connectivity index (χ2n) is 7.09. The van der Waals surface area contributed by atoms with Gasteiger partial charge >= 0.3 is 11.8 Å². The van der Waals surface area contributed by atoms with Crippen molar-refractivity contribution in [3.63, 3.8) is 0 Å². The van der Waals surface area contributed by atoms with E-state index in [1.54, 1.807) is 13.8 Å². The van der Waals surface area contributed by atoms with E-state index < -0.39 is 34.8 Å². The van der Waals surface area contributed by atoms with Crippen LogP contribution in [0, 0.1) is 10.1 Å². The summed E-state index contributed by atoms with van der Waals surface area (Å²) >= 11 is 0. The molecule has 0 spiro atoms. The molecule has 3 rings (SSSR count). The minimum Gasteiger partial charge on any atom is -0.474 e. The summed E-state index contributed by atoms with van der Waals surface area (Å²) in [5.74, 6) is -1.10. The highest BCUT2D eigenvalue weighted by Crippen LogP contribution is 2.37. The molecule has 1 aromatic heterocycles. The smallest absolute Gasteiger partial charge is 0.366 e. The van der Waals surface area contributed by atoms with Crippen molar-refractivity contribution in [3.8, 4) is 5.75 Å². The van der Waals surface area contributed by atoms with E-state index in [-0.39, 0.29) is 17.7 Å². The normalized spacial score (nSPS) is 20.9. The predicted octanol–water partition coefficient (Wildman–Crippen LogP) is 3.15. The minimum absolute atomic E-state index is 0.00339. The molecule has 1 amide bonds.